The standard InChI is InChI=1S/C20H16N2O5S/c1-2-27-20(26)15-14(12-7-4-3-5-8-12)11-28-18(15)22-17(23)16-13(19(24)25)9-6-10-21-16/h3-11H,2H2,1H3,(H,22,23)(H,24,25). The number of benzene rings is 1. The predicted octanol–water partition coefficient (Wildman–Crippen LogP) is 3.94. The van der Waals surface area contributed by atoms with E-state index >= 15 is 0 Å². The SMILES string of the molecule is CCOC(=O)c1c(-c2ccccc2)csc1NC(=O)c1ncccc1C(=O)O. The molecule has 0 aliphatic rings. The molecule has 0 aliphatic carbocycles. The van der Waals surface area contributed by atoms with Gasteiger partial charge >= 0.3 is 11.9 Å². The normalized spacial score (nSPS) is 10.3. The number of pyridine rings is 1. The second-order valence-corrected chi connectivity index (χ2v) is 6.48. The van der Waals surface area contributed by atoms with Crippen LogP contribution in [0.4, 0.5) is 5.00 Å². The van der Waals surface area contributed by atoms with Gasteiger partial charge in [0, 0.05) is 17.1 Å². The van der Waals surface area contributed by atoms with E-state index in [1.165, 1.54) is 18.3 Å². The van der Waals surface area contributed by atoms with Gasteiger partial charge in [0.25, 0.3) is 5.91 Å². The zero-order valence-corrected chi connectivity index (χ0v) is 15.7. The molecule has 142 valence electrons. The van der Waals surface area contributed by atoms with Gasteiger partial charge in [0.05, 0.1) is 12.2 Å². The molecule has 0 fully saturated rings. The summed E-state index contributed by atoms with van der Waals surface area (Å²) >= 11 is 1.15. The van der Waals surface area contributed by atoms with Gasteiger partial charge in [-0.2, -0.15) is 0 Å². The van der Waals surface area contributed by atoms with E-state index in [9.17, 15) is 19.5 Å². The van der Waals surface area contributed by atoms with E-state index in [0.29, 0.717) is 5.56 Å². The lowest BCUT2D eigenvalue weighted by molar-refractivity contribution is 0.0528. The monoisotopic (exact) mass is 396 g/mol. The van der Waals surface area contributed by atoms with E-state index < -0.39 is 17.8 Å². The molecule has 3 rings (SSSR count). The molecule has 0 atom stereocenters. The van der Waals surface area contributed by atoms with E-state index in [1.807, 2.05) is 30.3 Å². The maximum absolute atomic E-state index is 12.6. The van der Waals surface area contributed by atoms with E-state index in [1.54, 1.807) is 12.3 Å². The Kier molecular flexibility index (Phi) is 5.81. The zero-order chi connectivity index (χ0) is 20.1. The lowest BCUT2D eigenvalue weighted by atomic mass is 10.0. The maximum atomic E-state index is 12.6. The minimum atomic E-state index is -1.26. The summed E-state index contributed by atoms with van der Waals surface area (Å²) in [4.78, 5) is 40.4. The molecule has 0 bridgehead atoms. The molecule has 2 heterocycles. The van der Waals surface area contributed by atoms with Crippen molar-refractivity contribution in [3.05, 3.63) is 70.9 Å². The molecule has 2 aromatic heterocycles. The van der Waals surface area contributed by atoms with Gasteiger partial charge in [0.15, 0.2) is 0 Å². The maximum Gasteiger partial charge on any atom is 0.341 e. The number of carboxylic acid groups (broad SMARTS) is 1. The number of thiophene rings is 1. The van der Waals surface area contributed by atoms with Gasteiger partial charge in [-0.3, -0.25) is 9.78 Å². The molecular weight excluding hydrogens is 380 g/mol. The van der Waals surface area contributed by atoms with Crippen molar-refractivity contribution in [2.24, 2.45) is 0 Å². The van der Waals surface area contributed by atoms with Gasteiger partial charge in [-0.25, -0.2) is 9.59 Å². The summed E-state index contributed by atoms with van der Waals surface area (Å²) in [5, 5.41) is 13.9. The Morgan fingerprint density at radius 1 is 1.14 bits per heavy atom. The molecule has 0 radical (unpaired) electrons. The highest BCUT2D eigenvalue weighted by Gasteiger charge is 2.25. The fourth-order valence-corrected chi connectivity index (χ4v) is 3.56. The molecule has 28 heavy (non-hydrogen) atoms. The predicted molar refractivity (Wildman–Crippen MR) is 105 cm³/mol. The first kappa shape index (κ1) is 19.2. The first-order valence-corrected chi connectivity index (χ1v) is 9.24. The van der Waals surface area contributed by atoms with Crippen molar-refractivity contribution in [2.45, 2.75) is 6.92 Å². The van der Waals surface area contributed by atoms with Gasteiger partial charge in [0.2, 0.25) is 0 Å². The summed E-state index contributed by atoms with van der Waals surface area (Å²) in [5.74, 6) is -2.55. The van der Waals surface area contributed by atoms with Crippen LogP contribution in [-0.2, 0) is 4.74 Å². The Labute approximate surface area is 164 Å². The number of hydrogen-bond donors (Lipinski definition) is 2. The van der Waals surface area contributed by atoms with Gasteiger partial charge in [-0.05, 0) is 24.6 Å². The minimum absolute atomic E-state index is 0.180. The number of esters is 1. The van der Waals surface area contributed by atoms with Crippen LogP contribution >= 0.6 is 11.3 Å². The van der Waals surface area contributed by atoms with Crippen LogP contribution in [0.5, 0.6) is 0 Å². The molecular formula is C20H16N2O5S. The lowest BCUT2D eigenvalue weighted by Gasteiger charge is -2.09. The van der Waals surface area contributed by atoms with E-state index in [0.717, 1.165) is 16.9 Å². The molecule has 1 amide bonds. The number of rotatable bonds is 6. The van der Waals surface area contributed by atoms with Gasteiger partial charge in [0.1, 0.15) is 16.3 Å². The first-order chi connectivity index (χ1) is 13.5. The van der Waals surface area contributed by atoms with E-state index in [-0.39, 0.29) is 28.4 Å². The topological polar surface area (TPSA) is 106 Å². The average Bonchev–Trinajstić information content (AvgIpc) is 3.12. The van der Waals surface area contributed by atoms with Crippen molar-refractivity contribution in [3.63, 3.8) is 0 Å². The summed E-state index contributed by atoms with van der Waals surface area (Å²) in [6.45, 7) is 1.87. The smallest absolute Gasteiger partial charge is 0.341 e. The highest BCUT2D eigenvalue weighted by Crippen LogP contribution is 2.36. The Morgan fingerprint density at radius 2 is 1.89 bits per heavy atom. The van der Waals surface area contributed by atoms with Crippen LogP contribution in [0, 0.1) is 0 Å². The van der Waals surface area contributed by atoms with Gasteiger partial charge in [-0.1, -0.05) is 30.3 Å². The van der Waals surface area contributed by atoms with Crippen LogP contribution in [0.1, 0.15) is 38.1 Å². The van der Waals surface area contributed by atoms with Gasteiger partial charge in [-0.15, -0.1) is 11.3 Å². The second-order valence-electron chi connectivity index (χ2n) is 5.60. The third-order valence-corrected chi connectivity index (χ3v) is 4.73. The number of carboxylic acids is 1. The molecule has 7 nitrogen and oxygen atoms in total. The molecule has 1 aromatic carbocycles. The van der Waals surface area contributed by atoms with Crippen LogP contribution in [0.25, 0.3) is 11.1 Å². The minimum Gasteiger partial charge on any atom is -0.478 e. The number of amides is 1. The third kappa shape index (κ3) is 3.91. The summed E-state index contributed by atoms with van der Waals surface area (Å²) in [7, 11) is 0. The molecule has 3 aromatic rings. The van der Waals surface area contributed by atoms with E-state index in [4.69, 9.17) is 4.74 Å². The molecule has 0 aliphatic heterocycles. The number of carbonyl (C=O) groups excluding carboxylic acids is 2. The Bertz CT molecular complexity index is 1030. The summed E-state index contributed by atoms with van der Waals surface area (Å²) in [6, 6.07) is 12.0. The molecule has 0 saturated carbocycles. The Hall–Kier alpha value is -3.52. The number of anilines is 1. The molecule has 2 N–H and O–H groups in total. The summed E-state index contributed by atoms with van der Waals surface area (Å²) < 4.78 is 5.15. The number of aromatic carboxylic acids is 1. The number of hydrogen-bond acceptors (Lipinski definition) is 6. The van der Waals surface area contributed by atoms with Crippen molar-refractivity contribution < 1.29 is 24.2 Å². The molecule has 8 heteroatoms. The molecule has 0 saturated heterocycles. The zero-order valence-electron chi connectivity index (χ0n) is 14.8. The quantitative estimate of drug-likeness (QED) is 0.612. The van der Waals surface area contributed by atoms with Crippen LogP contribution in [-0.4, -0.2) is 34.5 Å². The van der Waals surface area contributed by atoms with Crippen LogP contribution in [0.15, 0.2) is 54.0 Å². The van der Waals surface area contributed by atoms with Crippen LogP contribution < -0.4 is 5.32 Å². The number of ether oxygens (including phenoxy) is 1. The first-order valence-electron chi connectivity index (χ1n) is 8.36. The lowest BCUT2D eigenvalue weighted by Crippen LogP contribution is -2.19. The summed E-state index contributed by atoms with van der Waals surface area (Å²) in [5.41, 5.74) is 1.18. The van der Waals surface area contributed by atoms with Crippen LogP contribution in [0.2, 0.25) is 0 Å². The highest BCUT2D eigenvalue weighted by atomic mass is 32.1. The fourth-order valence-electron chi connectivity index (χ4n) is 2.61. The van der Waals surface area contributed by atoms with Crippen molar-refractivity contribution >= 4 is 34.2 Å². The molecule has 0 spiro atoms. The number of carbonyl (C=O) groups is 3. The Morgan fingerprint density at radius 3 is 2.57 bits per heavy atom. The van der Waals surface area contributed by atoms with Crippen LogP contribution in [0.3, 0.4) is 0 Å². The highest BCUT2D eigenvalue weighted by molar-refractivity contribution is 7.15. The number of nitrogens with zero attached hydrogens (tertiary/aromatic N) is 1. The fraction of sp³-hybridized carbons (Fsp3) is 0.100. The molecule has 0 unspecified atom stereocenters. The largest absolute Gasteiger partial charge is 0.478 e. The number of nitrogens with one attached hydrogen (secondary N) is 1. The Balaban J connectivity index is 2.01. The van der Waals surface area contributed by atoms with Gasteiger partial charge < -0.3 is 15.2 Å². The third-order valence-electron chi connectivity index (χ3n) is 3.84. The average molecular weight is 396 g/mol. The van der Waals surface area contributed by atoms with E-state index in [2.05, 4.69) is 10.3 Å². The second kappa shape index (κ2) is 8.45. The number of aromatic nitrogens is 1. The van der Waals surface area contributed by atoms with Crippen molar-refractivity contribution in [1.82, 2.24) is 4.98 Å². The van der Waals surface area contributed by atoms with Crippen molar-refractivity contribution in [1.29, 1.82) is 0 Å². The van der Waals surface area contributed by atoms with Crippen molar-refractivity contribution in [2.75, 3.05) is 11.9 Å². The van der Waals surface area contributed by atoms with Crippen molar-refractivity contribution in [3.8, 4) is 11.1 Å². The summed E-state index contributed by atoms with van der Waals surface area (Å²) in [6.07, 6.45) is 1.33.